The zero-order valence-corrected chi connectivity index (χ0v) is 11.4. The van der Waals surface area contributed by atoms with Crippen molar-refractivity contribution in [2.45, 2.75) is 20.0 Å². The number of benzene rings is 1. The van der Waals surface area contributed by atoms with Crippen molar-refractivity contribution >= 4 is 0 Å². The van der Waals surface area contributed by atoms with Crippen LogP contribution in [0.15, 0.2) is 18.2 Å². The van der Waals surface area contributed by atoms with Gasteiger partial charge in [0, 0.05) is 12.6 Å². The van der Waals surface area contributed by atoms with Crippen molar-refractivity contribution < 1.29 is 19.3 Å². The van der Waals surface area contributed by atoms with Gasteiger partial charge in [-0.05, 0) is 24.6 Å². The maximum absolute atomic E-state index is 9.77. The Balaban J connectivity index is 1.73. The van der Waals surface area contributed by atoms with E-state index in [1.54, 1.807) is 12.1 Å². The molecule has 0 amide bonds. The number of ether oxygens (including phenoxy) is 3. The van der Waals surface area contributed by atoms with E-state index in [-0.39, 0.29) is 13.4 Å². The Labute approximate surface area is 113 Å². The minimum Gasteiger partial charge on any atom is -0.491 e. The van der Waals surface area contributed by atoms with Crippen LogP contribution in [0.5, 0.6) is 17.2 Å². The summed E-state index contributed by atoms with van der Waals surface area (Å²) in [5, 5.41) is 13.0. The Morgan fingerprint density at radius 1 is 1.26 bits per heavy atom. The van der Waals surface area contributed by atoms with Crippen LogP contribution >= 0.6 is 0 Å². The molecule has 2 N–H and O–H groups in total. The molecule has 0 saturated heterocycles. The van der Waals surface area contributed by atoms with Crippen molar-refractivity contribution in [2.75, 3.05) is 26.5 Å². The molecule has 106 valence electrons. The summed E-state index contributed by atoms with van der Waals surface area (Å²) in [4.78, 5) is 0. The Bertz CT molecular complexity index is 408. The van der Waals surface area contributed by atoms with Crippen LogP contribution in [0.1, 0.15) is 13.8 Å². The molecule has 0 fully saturated rings. The Morgan fingerprint density at radius 3 is 2.84 bits per heavy atom. The van der Waals surface area contributed by atoms with Crippen molar-refractivity contribution in [3.8, 4) is 17.2 Å². The first-order valence-corrected chi connectivity index (χ1v) is 6.56. The molecule has 1 heterocycles. The minimum absolute atomic E-state index is 0.251. The third kappa shape index (κ3) is 4.29. The molecule has 5 heteroatoms. The second-order valence-corrected chi connectivity index (χ2v) is 5.03. The van der Waals surface area contributed by atoms with Crippen LogP contribution in [0.2, 0.25) is 0 Å². The third-order valence-corrected chi connectivity index (χ3v) is 2.72. The second-order valence-electron chi connectivity index (χ2n) is 5.03. The van der Waals surface area contributed by atoms with Gasteiger partial charge in [0.15, 0.2) is 11.5 Å². The fraction of sp³-hybridized carbons (Fsp3) is 0.571. The van der Waals surface area contributed by atoms with Crippen LogP contribution in [-0.2, 0) is 0 Å². The summed E-state index contributed by atoms with van der Waals surface area (Å²) >= 11 is 0. The Hall–Kier alpha value is -1.46. The van der Waals surface area contributed by atoms with E-state index in [1.807, 2.05) is 6.07 Å². The van der Waals surface area contributed by atoms with Crippen molar-refractivity contribution in [1.29, 1.82) is 0 Å². The lowest BCUT2D eigenvalue weighted by Crippen LogP contribution is -2.33. The van der Waals surface area contributed by atoms with E-state index in [1.165, 1.54) is 0 Å². The van der Waals surface area contributed by atoms with Gasteiger partial charge >= 0.3 is 0 Å². The summed E-state index contributed by atoms with van der Waals surface area (Å²) in [5.74, 6) is 2.66. The molecule has 1 atom stereocenters. The number of fused-ring (bicyclic) bond motifs is 1. The first kappa shape index (κ1) is 14.0. The maximum atomic E-state index is 9.77. The molecular formula is C14H21NO4. The van der Waals surface area contributed by atoms with Gasteiger partial charge in [-0.2, -0.15) is 0 Å². The normalized spacial score (nSPS) is 14.7. The predicted molar refractivity (Wildman–Crippen MR) is 71.8 cm³/mol. The number of nitrogens with one attached hydrogen (secondary N) is 1. The highest BCUT2D eigenvalue weighted by atomic mass is 16.7. The molecular weight excluding hydrogens is 246 g/mol. The highest BCUT2D eigenvalue weighted by Gasteiger charge is 2.14. The molecule has 0 saturated carbocycles. The highest BCUT2D eigenvalue weighted by Crippen LogP contribution is 2.35. The average molecular weight is 267 g/mol. The first-order chi connectivity index (χ1) is 9.15. The molecule has 2 rings (SSSR count). The fourth-order valence-electron chi connectivity index (χ4n) is 1.76. The topological polar surface area (TPSA) is 60.0 Å². The second kappa shape index (κ2) is 6.63. The lowest BCUT2D eigenvalue weighted by Gasteiger charge is -2.14. The monoisotopic (exact) mass is 267 g/mol. The van der Waals surface area contributed by atoms with Gasteiger partial charge in [-0.15, -0.1) is 0 Å². The molecule has 0 radical (unpaired) electrons. The molecule has 0 aliphatic carbocycles. The van der Waals surface area contributed by atoms with Gasteiger partial charge < -0.3 is 24.6 Å². The van der Waals surface area contributed by atoms with Crippen LogP contribution in [-0.4, -0.2) is 37.7 Å². The Kier molecular flexibility index (Phi) is 4.87. The lowest BCUT2D eigenvalue weighted by molar-refractivity contribution is 0.105. The van der Waals surface area contributed by atoms with Crippen molar-refractivity contribution in [3.63, 3.8) is 0 Å². The minimum atomic E-state index is -0.524. The van der Waals surface area contributed by atoms with E-state index in [0.717, 1.165) is 12.3 Å². The molecule has 5 nitrogen and oxygen atoms in total. The number of hydrogen-bond acceptors (Lipinski definition) is 5. The van der Waals surface area contributed by atoms with E-state index in [4.69, 9.17) is 14.2 Å². The van der Waals surface area contributed by atoms with Gasteiger partial charge in [-0.3, -0.25) is 0 Å². The van der Waals surface area contributed by atoms with Gasteiger partial charge in [0.1, 0.15) is 18.5 Å². The quantitative estimate of drug-likeness (QED) is 0.782. The van der Waals surface area contributed by atoms with Crippen LogP contribution < -0.4 is 19.5 Å². The highest BCUT2D eigenvalue weighted by molar-refractivity contribution is 5.46. The molecule has 0 aromatic heterocycles. The van der Waals surface area contributed by atoms with Crippen LogP contribution in [0.3, 0.4) is 0 Å². The molecule has 19 heavy (non-hydrogen) atoms. The standard InChI is InChI=1S/C14H21NO4/c1-10(2)6-15-7-11(16)8-17-12-3-4-13-14(5-12)19-9-18-13/h3-5,10-11,15-16H,6-9H2,1-2H3. The zero-order chi connectivity index (χ0) is 13.7. The van der Waals surface area contributed by atoms with Crippen LogP contribution in [0.4, 0.5) is 0 Å². The fourth-order valence-corrected chi connectivity index (χ4v) is 1.76. The molecule has 1 aromatic carbocycles. The molecule has 1 aliphatic heterocycles. The number of rotatable bonds is 7. The molecule has 0 bridgehead atoms. The summed E-state index contributed by atoms with van der Waals surface area (Å²) in [6, 6.07) is 5.39. The summed E-state index contributed by atoms with van der Waals surface area (Å²) in [6.45, 7) is 6.18. The molecule has 1 unspecified atom stereocenters. The summed E-state index contributed by atoms with van der Waals surface area (Å²) in [7, 11) is 0. The van der Waals surface area contributed by atoms with Gasteiger partial charge in [0.2, 0.25) is 6.79 Å². The van der Waals surface area contributed by atoms with Crippen molar-refractivity contribution in [3.05, 3.63) is 18.2 Å². The largest absolute Gasteiger partial charge is 0.491 e. The number of aliphatic hydroxyl groups excluding tert-OH is 1. The summed E-state index contributed by atoms with van der Waals surface area (Å²) < 4.78 is 16.0. The Morgan fingerprint density at radius 2 is 2.05 bits per heavy atom. The first-order valence-electron chi connectivity index (χ1n) is 6.56. The lowest BCUT2D eigenvalue weighted by atomic mass is 10.2. The SMILES string of the molecule is CC(C)CNCC(O)COc1ccc2c(c1)OCO2. The van der Waals surface area contributed by atoms with Gasteiger partial charge in [0.05, 0.1) is 0 Å². The molecule has 0 spiro atoms. The average Bonchev–Trinajstić information content (AvgIpc) is 2.83. The van der Waals surface area contributed by atoms with Gasteiger partial charge in [0.25, 0.3) is 0 Å². The predicted octanol–water partition coefficient (Wildman–Crippen LogP) is 1.40. The smallest absolute Gasteiger partial charge is 0.231 e. The number of aliphatic hydroxyl groups is 1. The van der Waals surface area contributed by atoms with Crippen molar-refractivity contribution in [1.82, 2.24) is 5.32 Å². The maximum Gasteiger partial charge on any atom is 0.231 e. The van der Waals surface area contributed by atoms with E-state index < -0.39 is 6.10 Å². The van der Waals surface area contributed by atoms with E-state index in [0.29, 0.717) is 24.0 Å². The number of hydrogen-bond donors (Lipinski definition) is 2. The van der Waals surface area contributed by atoms with Crippen molar-refractivity contribution in [2.24, 2.45) is 5.92 Å². The van der Waals surface area contributed by atoms with E-state index in [2.05, 4.69) is 19.2 Å². The van der Waals surface area contributed by atoms with Gasteiger partial charge in [-0.1, -0.05) is 13.8 Å². The van der Waals surface area contributed by atoms with E-state index >= 15 is 0 Å². The van der Waals surface area contributed by atoms with Gasteiger partial charge in [-0.25, -0.2) is 0 Å². The molecule has 1 aromatic rings. The zero-order valence-electron chi connectivity index (χ0n) is 11.4. The van der Waals surface area contributed by atoms with Crippen LogP contribution in [0, 0.1) is 5.92 Å². The summed E-state index contributed by atoms with van der Waals surface area (Å²) in [6.07, 6.45) is -0.524. The third-order valence-electron chi connectivity index (χ3n) is 2.72. The molecule has 1 aliphatic rings. The summed E-state index contributed by atoms with van der Waals surface area (Å²) in [5.41, 5.74) is 0. The van der Waals surface area contributed by atoms with E-state index in [9.17, 15) is 5.11 Å². The van der Waals surface area contributed by atoms with Crippen LogP contribution in [0.25, 0.3) is 0 Å².